The summed E-state index contributed by atoms with van der Waals surface area (Å²) >= 11 is 0. The summed E-state index contributed by atoms with van der Waals surface area (Å²) in [5.41, 5.74) is 1.66. The molecule has 2 heterocycles. The highest BCUT2D eigenvalue weighted by atomic mass is 16.5. The summed E-state index contributed by atoms with van der Waals surface area (Å²) in [6.45, 7) is 1.26. The van der Waals surface area contributed by atoms with Crippen molar-refractivity contribution in [1.29, 1.82) is 0 Å². The molecule has 2 aromatic rings. The Hall–Kier alpha value is -1.85. The molecule has 5 nitrogen and oxygen atoms in total. The highest BCUT2D eigenvalue weighted by molar-refractivity contribution is 6.05. The second kappa shape index (κ2) is 5.98. The van der Waals surface area contributed by atoms with E-state index in [0.717, 1.165) is 35.7 Å². The Morgan fingerprint density at radius 1 is 1.35 bits per heavy atom. The molecule has 1 amide bonds. The first-order valence-electron chi connectivity index (χ1n) is 8.29. The van der Waals surface area contributed by atoms with Crippen LogP contribution >= 0.6 is 0 Å². The minimum Gasteiger partial charge on any atom is -0.381 e. The number of hydrogen-bond donors (Lipinski definition) is 1. The van der Waals surface area contributed by atoms with Crippen molar-refractivity contribution in [2.75, 3.05) is 20.3 Å². The predicted octanol–water partition coefficient (Wildman–Crippen LogP) is 2.58. The number of methoxy groups -OCH3 is 1. The first-order chi connectivity index (χ1) is 11.3. The largest absolute Gasteiger partial charge is 0.381 e. The van der Waals surface area contributed by atoms with Gasteiger partial charge in [0.2, 0.25) is 0 Å². The summed E-state index contributed by atoms with van der Waals surface area (Å²) in [4.78, 5) is 18.4. The van der Waals surface area contributed by atoms with Gasteiger partial charge in [0.1, 0.15) is 0 Å². The van der Waals surface area contributed by atoms with E-state index in [-0.39, 0.29) is 24.2 Å². The van der Waals surface area contributed by atoms with Gasteiger partial charge in [-0.15, -0.1) is 0 Å². The fourth-order valence-electron chi connectivity index (χ4n) is 3.96. The minimum absolute atomic E-state index is 0.0908. The fraction of sp³-hybridized carbons (Fsp3) is 0.500. The van der Waals surface area contributed by atoms with Gasteiger partial charge in [0.15, 0.2) is 0 Å². The molecule has 3 atom stereocenters. The molecule has 1 saturated heterocycles. The van der Waals surface area contributed by atoms with Crippen molar-refractivity contribution in [2.45, 2.75) is 37.5 Å². The summed E-state index contributed by atoms with van der Waals surface area (Å²) in [7, 11) is 1.75. The lowest BCUT2D eigenvalue weighted by Crippen LogP contribution is -2.57. The van der Waals surface area contributed by atoms with Crippen LogP contribution in [0.4, 0.5) is 0 Å². The van der Waals surface area contributed by atoms with Gasteiger partial charge in [-0.25, -0.2) is 0 Å². The first kappa shape index (κ1) is 14.7. The quantitative estimate of drug-likeness (QED) is 0.927. The molecule has 1 aromatic carbocycles. The van der Waals surface area contributed by atoms with Crippen LogP contribution in [-0.4, -0.2) is 54.3 Å². The second-order valence-electron chi connectivity index (χ2n) is 6.39. The molecule has 1 aromatic heterocycles. The van der Waals surface area contributed by atoms with Crippen molar-refractivity contribution in [3.05, 3.63) is 36.0 Å². The third-order valence-corrected chi connectivity index (χ3v) is 5.18. The van der Waals surface area contributed by atoms with Gasteiger partial charge in [-0.3, -0.25) is 4.79 Å². The monoisotopic (exact) mass is 314 g/mol. The van der Waals surface area contributed by atoms with Gasteiger partial charge in [-0.1, -0.05) is 12.1 Å². The number of hydrogen-bond acceptors (Lipinski definition) is 3. The van der Waals surface area contributed by atoms with Crippen molar-refractivity contribution in [3.63, 3.8) is 0 Å². The number of rotatable bonds is 2. The molecule has 1 aliphatic carbocycles. The second-order valence-corrected chi connectivity index (χ2v) is 6.39. The topological polar surface area (TPSA) is 54.6 Å². The number of ether oxygens (including phenoxy) is 2. The number of carbonyl (C=O) groups excluding carboxylic acids is 1. The molecule has 23 heavy (non-hydrogen) atoms. The third-order valence-electron chi connectivity index (χ3n) is 5.18. The van der Waals surface area contributed by atoms with E-state index in [2.05, 4.69) is 4.98 Å². The average Bonchev–Trinajstić information content (AvgIpc) is 3.08. The van der Waals surface area contributed by atoms with E-state index in [1.807, 2.05) is 35.4 Å². The zero-order chi connectivity index (χ0) is 15.8. The molecule has 1 aliphatic heterocycles. The van der Waals surface area contributed by atoms with Gasteiger partial charge >= 0.3 is 0 Å². The van der Waals surface area contributed by atoms with Crippen molar-refractivity contribution in [2.24, 2.45) is 0 Å². The Morgan fingerprint density at radius 3 is 3.13 bits per heavy atom. The molecule has 2 aliphatic rings. The standard InChI is InChI=1S/C18H22N2O3/c1-22-13-5-6-16-15(11-13)20(9-10-23-16)18(21)14-4-2-3-12-7-8-19-17(12)14/h2-4,7-8,13,15-16,19H,5-6,9-11H2,1H3/t13-,15+,16+/m1/s1. The number of H-pyrrole nitrogens is 1. The van der Waals surface area contributed by atoms with Crippen molar-refractivity contribution in [1.82, 2.24) is 9.88 Å². The number of benzene rings is 1. The normalized spacial score (nSPS) is 27.9. The molecular weight excluding hydrogens is 292 g/mol. The van der Waals surface area contributed by atoms with Gasteiger partial charge in [0, 0.05) is 25.2 Å². The van der Waals surface area contributed by atoms with Gasteiger partial charge in [0.05, 0.1) is 35.9 Å². The van der Waals surface area contributed by atoms with Crippen LogP contribution < -0.4 is 0 Å². The molecule has 0 radical (unpaired) electrons. The van der Waals surface area contributed by atoms with Crippen molar-refractivity contribution in [3.8, 4) is 0 Å². The van der Waals surface area contributed by atoms with Gasteiger partial charge in [-0.2, -0.15) is 0 Å². The highest BCUT2D eigenvalue weighted by Crippen LogP contribution is 2.31. The summed E-state index contributed by atoms with van der Waals surface area (Å²) < 4.78 is 11.4. The van der Waals surface area contributed by atoms with Crippen LogP contribution in [0.25, 0.3) is 10.9 Å². The zero-order valence-corrected chi connectivity index (χ0v) is 13.3. The van der Waals surface area contributed by atoms with E-state index in [1.165, 1.54) is 0 Å². The summed E-state index contributed by atoms with van der Waals surface area (Å²) in [6.07, 6.45) is 5.06. The Kier molecular flexibility index (Phi) is 3.83. The molecule has 0 spiro atoms. The van der Waals surface area contributed by atoms with Gasteiger partial charge in [-0.05, 0) is 31.4 Å². The summed E-state index contributed by atoms with van der Waals surface area (Å²) in [6, 6.07) is 7.98. The number of nitrogens with one attached hydrogen (secondary N) is 1. The van der Waals surface area contributed by atoms with E-state index >= 15 is 0 Å². The lowest BCUT2D eigenvalue weighted by Gasteiger charge is -2.45. The van der Waals surface area contributed by atoms with Crippen molar-refractivity contribution < 1.29 is 14.3 Å². The van der Waals surface area contributed by atoms with Crippen molar-refractivity contribution >= 4 is 16.8 Å². The van der Waals surface area contributed by atoms with Crippen LogP contribution in [0, 0.1) is 0 Å². The van der Waals surface area contributed by atoms with Gasteiger partial charge in [0.25, 0.3) is 5.91 Å². The number of carbonyl (C=O) groups is 1. The molecule has 1 N–H and O–H groups in total. The summed E-state index contributed by atoms with van der Waals surface area (Å²) in [5, 5.41) is 1.07. The van der Waals surface area contributed by atoms with Crippen LogP contribution in [0.5, 0.6) is 0 Å². The average molecular weight is 314 g/mol. The Balaban J connectivity index is 1.65. The number of morpholine rings is 1. The number of nitrogens with zero attached hydrogens (tertiary/aromatic N) is 1. The van der Waals surface area contributed by atoms with Crippen LogP contribution in [-0.2, 0) is 9.47 Å². The van der Waals surface area contributed by atoms with E-state index in [0.29, 0.717) is 13.2 Å². The Labute approximate surface area is 135 Å². The smallest absolute Gasteiger partial charge is 0.256 e. The lowest BCUT2D eigenvalue weighted by molar-refractivity contribution is -0.101. The van der Waals surface area contributed by atoms with Crippen LogP contribution in [0.1, 0.15) is 29.6 Å². The number of amides is 1. The predicted molar refractivity (Wildman–Crippen MR) is 87.5 cm³/mol. The van der Waals surface area contributed by atoms with E-state index in [1.54, 1.807) is 7.11 Å². The molecule has 4 rings (SSSR count). The number of para-hydroxylation sites is 1. The molecule has 0 unspecified atom stereocenters. The molecule has 122 valence electrons. The minimum atomic E-state index is 0.0908. The SMILES string of the molecule is CO[C@@H]1CC[C@@H]2OCCN(C(=O)c3cccc4cc[nH]c34)[C@H]2C1. The summed E-state index contributed by atoms with van der Waals surface area (Å²) in [5.74, 6) is 0.0908. The maximum atomic E-state index is 13.2. The van der Waals surface area contributed by atoms with Crippen LogP contribution in [0.3, 0.4) is 0 Å². The third kappa shape index (κ3) is 2.54. The number of aromatic amines is 1. The van der Waals surface area contributed by atoms with Gasteiger partial charge < -0.3 is 19.4 Å². The molecule has 1 saturated carbocycles. The van der Waals surface area contributed by atoms with Crippen LogP contribution in [0.2, 0.25) is 0 Å². The lowest BCUT2D eigenvalue weighted by atomic mass is 9.87. The van der Waals surface area contributed by atoms with E-state index in [9.17, 15) is 4.79 Å². The molecular formula is C18H22N2O3. The highest BCUT2D eigenvalue weighted by Gasteiger charge is 2.40. The Bertz CT molecular complexity index is 711. The molecule has 5 heteroatoms. The number of fused-ring (bicyclic) bond motifs is 2. The molecule has 0 bridgehead atoms. The zero-order valence-electron chi connectivity index (χ0n) is 13.3. The molecule has 2 fully saturated rings. The van der Waals surface area contributed by atoms with E-state index in [4.69, 9.17) is 9.47 Å². The maximum absolute atomic E-state index is 13.2. The fourth-order valence-corrected chi connectivity index (χ4v) is 3.96. The van der Waals surface area contributed by atoms with Crippen LogP contribution in [0.15, 0.2) is 30.5 Å². The van der Waals surface area contributed by atoms with E-state index < -0.39 is 0 Å². The first-order valence-corrected chi connectivity index (χ1v) is 8.29. The number of aromatic nitrogens is 1. The maximum Gasteiger partial charge on any atom is 0.256 e. The Morgan fingerprint density at radius 2 is 2.26 bits per heavy atom.